The number of aryl methyl sites for hydroxylation is 1. The maximum atomic E-state index is 5.22. The number of benzene rings is 1. The van der Waals surface area contributed by atoms with Gasteiger partial charge < -0.3 is 14.6 Å². The van der Waals surface area contributed by atoms with Gasteiger partial charge in [0.25, 0.3) is 5.71 Å². The predicted octanol–water partition coefficient (Wildman–Crippen LogP) is 2.80. The lowest BCUT2D eigenvalue weighted by atomic mass is 10.2. The number of anilines is 1. The predicted molar refractivity (Wildman–Crippen MR) is 79.3 cm³/mol. The van der Waals surface area contributed by atoms with Crippen LogP contribution in [-0.4, -0.2) is 22.2 Å². The van der Waals surface area contributed by atoms with Gasteiger partial charge in [-0.25, -0.2) is 4.98 Å². The molecule has 0 bridgehead atoms. The smallest absolute Gasteiger partial charge is 0.263 e. The molecule has 1 N–H and O–H groups in total. The summed E-state index contributed by atoms with van der Waals surface area (Å²) in [6.07, 6.45) is 2.25. The summed E-state index contributed by atoms with van der Waals surface area (Å²) < 4.78 is 10.4. The van der Waals surface area contributed by atoms with Crippen molar-refractivity contribution in [2.24, 2.45) is 0 Å². The maximum Gasteiger partial charge on any atom is 0.263 e. The van der Waals surface area contributed by atoms with E-state index in [1.54, 1.807) is 7.11 Å². The van der Waals surface area contributed by atoms with Crippen molar-refractivity contribution in [2.75, 3.05) is 12.4 Å². The Hall–Kier alpha value is -2.63. The number of fused-ring (bicyclic) bond motifs is 1. The average Bonchev–Trinajstić information content (AvgIpc) is 2.97. The monoisotopic (exact) mass is 284 g/mol. The van der Waals surface area contributed by atoms with Crippen molar-refractivity contribution in [1.82, 2.24) is 15.1 Å². The van der Waals surface area contributed by atoms with Crippen molar-refractivity contribution in [2.45, 2.75) is 19.9 Å². The van der Waals surface area contributed by atoms with E-state index in [0.717, 1.165) is 34.6 Å². The molecule has 0 fully saturated rings. The summed E-state index contributed by atoms with van der Waals surface area (Å²) >= 11 is 0. The molecule has 108 valence electrons. The zero-order valence-corrected chi connectivity index (χ0v) is 12.0. The second-order valence-electron chi connectivity index (χ2n) is 4.59. The van der Waals surface area contributed by atoms with E-state index in [2.05, 4.69) is 20.4 Å². The summed E-state index contributed by atoms with van der Waals surface area (Å²) in [5, 5.41) is 8.18. The largest absolute Gasteiger partial charge is 0.497 e. The van der Waals surface area contributed by atoms with Gasteiger partial charge in [0.05, 0.1) is 12.8 Å². The number of rotatable bonds is 5. The Morgan fingerprint density at radius 3 is 3.00 bits per heavy atom. The van der Waals surface area contributed by atoms with Crippen LogP contribution in [0.15, 0.2) is 35.1 Å². The molecular formula is C15H16N4O2. The molecule has 0 saturated heterocycles. The van der Waals surface area contributed by atoms with Crippen molar-refractivity contribution in [3.8, 4) is 5.75 Å². The second-order valence-corrected chi connectivity index (χ2v) is 4.59. The van der Waals surface area contributed by atoms with E-state index >= 15 is 0 Å². The molecule has 3 aromatic rings. The van der Waals surface area contributed by atoms with Crippen LogP contribution < -0.4 is 10.1 Å². The third kappa shape index (κ3) is 2.65. The molecule has 3 rings (SSSR count). The number of nitrogens with zero attached hydrogens (tertiary/aromatic N) is 3. The highest BCUT2D eigenvalue weighted by Crippen LogP contribution is 2.24. The lowest BCUT2D eigenvalue weighted by Gasteiger charge is -2.08. The lowest BCUT2D eigenvalue weighted by molar-refractivity contribution is 0.414. The third-order valence-electron chi connectivity index (χ3n) is 3.27. The molecule has 0 aliphatic rings. The summed E-state index contributed by atoms with van der Waals surface area (Å²) in [7, 11) is 1.66. The van der Waals surface area contributed by atoms with Gasteiger partial charge in [-0.1, -0.05) is 24.2 Å². The second kappa shape index (κ2) is 5.78. The van der Waals surface area contributed by atoms with E-state index in [0.29, 0.717) is 12.3 Å². The molecule has 6 nitrogen and oxygen atoms in total. The highest BCUT2D eigenvalue weighted by molar-refractivity contribution is 5.87. The highest BCUT2D eigenvalue weighted by atomic mass is 16.5. The van der Waals surface area contributed by atoms with Crippen LogP contribution in [0.2, 0.25) is 0 Å². The molecule has 2 heterocycles. The minimum atomic E-state index is 0.509. The maximum absolute atomic E-state index is 5.22. The molecule has 0 aliphatic carbocycles. The van der Waals surface area contributed by atoms with Crippen molar-refractivity contribution in [1.29, 1.82) is 0 Å². The van der Waals surface area contributed by atoms with Crippen LogP contribution in [-0.2, 0) is 13.0 Å². The van der Waals surface area contributed by atoms with Crippen molar-refractivity contribution in [3.05, 3.63) is 41.9 Å². The quantitative estimate of drug-likeness (QED) is 0.776. The summed E-state index contributed by atoms with van der Waals surface area (Å²) in [6.45, 7) is 2.66. The minimum absolute atomic E-state index is 0.509. The standard InChI is InChI=1S/C15H16N4O2/c1-3-12-13-14(17-9-18-15(13)21-19-12)16-8-10-5-4-6-11(7-10)20-2/h4-7,9H,3,8H2,1-2H3,(H,16,17,18). The summed E-state index contributed by atoms with van der Waals surface area (Å²) in [4.78, 5) is 8.38. The first kappa shape index (κ1) is 13.4. The zero-order chi connectivity index (χ0) is 14.7. The van der Waals surface area contributed by atoms with E-state index in [-0.39, 0.29) is 0 Å². The number of ether oxygens (including phenoxy) is 1. The Bertz CT molecular complexity index is 754. The van der Waals surface area contributed by atoms with E-state index in [9.17, 15) is 0 Å². The fourth-order valence-electron chi connectivity index (χ4n) is 2.19. The third-order valence-corrected chi connectivity index (χ3v) is 3.27. The molecule has 21 heavy (non-hydrogen) atoms. The number of aromatic nitrogens is 3. The molecule has 1 aromatic carbocycles. The Kier molecular flexibility index (Phi) is 3.68. The van der Waals surface area contributed by atoms with E-state index in [1.165, 1.54) is 6.33 Å². The van der Waals surface area contributed by atoms with Gasteiger partial charge in [-0.3, -0.25) is 0 Å². The fraction of sp³-hybridized carbons (Fsp3) is 0.267. The molecule has 2 aromatic heterocycles. The van der Waals surface area contributed by atoms with Crippen LogP contribution in [0.3, 0.4) is 0 Å². The normalized spacial score (nSPS) is 10.8. The molecule has 0 unspecified atom stereocenters. The number of hydrogen-bond acceptors (Lipinski definition) is 6. The Labute approximate surface area is 122 Å². The Morgan fingerprint density at radius 1 is 1.29 bits per heavy atom. The summed E-state index contributed by atoms with van der Waals surface area (Å²) in [6, 6.07) is 7.89. The SMILES string of the molecule is CCc1noc2ncnc(NCc3cccc(OC)c3)c12. The zero-order valence-electron chi connectivity index (χ0n) is 12.0. The molecule has 0 amide bonds. The first-order valence-corrected chi connectivity index (χ1v) is 6.78. The Balaban J connectivity index is 1.86. The van der Waals surface area contributed by atoms with Gasteiger partial charge in [0.1, 0.15) is 23.3 Å². The van der Waals surface area contributed by atoms with Crippen LogP contribution in [0.5, 0.6) is 5.75 Å². The van der Waals surface area contributed by atoms with Gasteiger partial charge in [0, 0.05) is 6.54 Å². The van der Waals surface area contributed by atoms with E-state index in [4.69, 9.17) is 9.26 Å². The van der Waals surface area contributed by atoms with Crippen molar-refractivity contribution in [3.63, 3.8) is 0 Å². The van der Waals surface area contributed by atoms with Gasteiger partial charge in [0.2, 0.25) is 0 Å². The first-order chi connectivity index (χ1) is 10.3. The van der Waals surface area contributed by atoms with E-state index < -0.39 is 0 Å². The fourth-order valence-corrected chi connectivity index (χ4v) is 2.19. The van der Waals surface area contributed by atoms with Gasteiger partial charge >= 0.3 is 0 Å². The lowest BCUT2D eigenvalue weighted by Crippen LogP contribution is -2.03. The van der Waals surface area contributed by atoms with Crippen molar-refractivity contribution >= 4 is 16.9 Å². The first-order valence-electron chi connectivity index (χ1n) is 6.78. The molecule has 0 saturated carbocycles. The summed E-state index contributed by atoms with van der Waals surface area (Å²) in [5.74, 6) is 1.57. The van der Waals surface area contributed by atoms with Crippen LogP contribution >= 0.6 is 0 Å². The molecule has 6 heteroatoms. The molecule has 0 radical (unpaired) electrons. The number of methoxy groups -OCH3 is 1. The van der Waals surface area contributed by atoms with E-state index in [1.807, 2.05) is 31.2 Å². The number of hydrogen-bond donors (Lipinski definition) is 1. The average molecular weight is 284 g/mol. The summed E-state index contributed by atoms with van der Waals surface area (Å²) in [5.41, 5.74) is 2.48. The molecular weight excluding hydrogens is 268 g/mol. The number of nitrogens with one attached hydrogen (secondary N) is 1. The molecule has 0 atom stereocenters. The Morgan fingerprint density at radius 2 is 2.19 bits per heavy atom. The van der Waals surface area contributed by atoms with Gasteiger partial charge in [0.15, 0.2) is 0 Å². The topological polar surface area (TPSA) is 73.1 Å². The molecule has 0 spiro atoms. The van der Waals surface area contributed by atoms with Crippen molar-refractivity contribution < 1.29 is 9.26 Å². The van der Waals surface area contributed by atoms with Crippen LogP contribution in [0.1, 0.15) is 18.2 Å². The van der Waals surface area contributed by atoms with Crippen LogP contribution in [0.4, 0.5) is 5.82 Å². The highest BCUT2D eigenvalue weighted by Gasteiger charge is 2.13. The van der Waals surface area contributed by atoms with Crippen LogP contribution in [0.25, 0.3) is 11.1 Å². The van der Waals surface area contributed by atoms with Gasteiger partial charge in [-0.2, -0.15) is 4.98 Å². The van der Waals surface area contributed by atoms with Gasteiger partial charge in [-0.05, 0) is 24.1 Å². The minimum Gasteiger partial charge on any atom is -0.497 e. The van der Waals surface area contributed by atoms with Gasteiger partial charge in [-0.15, -0.1) is 0 Å². The van der Waals surface area contributed by atoms with Crippen LogP contribution in [0, 0.1) is 0 Å². The molecule has 0 aliphatic heterocycles.